The smallest absolute Gasteiger partial charge is 0.212 e. The molecule has 3 aromatic rings. The fraction of sp³-hybridized carbons (Fsp3) is 0.333. The highest BCUT2D eigenvalue weighted by Gasteiger charge is 2.14. The van der Waals surface area contributed by atoms with Gasteiger partial charge in [0, 0.05) is 12.0 Å². The van der Waals surface area contributed by atoms with Crippen molar-refractivity contribution in [2.24, 2.45) is 5.92 Å². The molecule has 0 aliphatic heterocycles. The first kappa shape index (κ1) is 13.4. The van der Waals surface area contributed by atoms with Gasteiger partial charge in [0.15, 0.2) is 0 Å². The highest BCUT2D eigenvalue weighted by atomic mass is 35.5. The SMILES string of the molecule is CC(C)Cc1nn2cc(-c3cc(Cl)sc3Cl)nc2s1. The Morgan fingerprint density at radius 2 is 2.11 bits per heavy atom. The van der Waals surface area contributed by atoms with Crippen LogP contribution in [0, 0.1) is 5.92 Å². The second-order valence-corrected chi connectivity index (χ2v) is 8.01. The van der Waals surface area contributed by atoms with Gasteiger partial charge in [-0.1, -0.05) is 48.4 Å². The minimum Gasteiger partial charge on any atom is -0.217 e. The molecule has 3 aromatic heterocycles. The van der Waals surface area contributed by atoms with Crippen LogP contribution in [-0.2, 0) is 6.42 Å². The van der Waals surface area contributed by atoms with Gasteiger partial charge in [0.2, 0.25) is 4.96 Å². The number of thiophene rings is 1. The molecule has 3 rings (SSSR count). The third-order valence-electron chi connectivity index (χ3n) is 2.60. The molecular formula is C12H11Cl2N3S2. The molecule has 3 heterocycles. The Morgan fingerprint density at radius 1 is 1.32 bits per heavy atom. The molecule has 0 saturated carbocycles. The summed E-state index contributed by atoms with van der Waals surface area (Å²) in [4.78, 5) is 5.46. The largest absolute Gasteiger partial charge is 0.217 e. The predicted octanol–water partition coefficient (Wildman–Crippen LogP) is 5.02. The van der Waals surface area contributed by atoms with Crippen molar-refractivity contribution in [3.05, 3.63) is 25.9 Å². The van der Waals surface area contributed by atoms with Crippen molar-refractivity contribution in [1.82, 2.24) is 14.6 Å². The van der Waals surface area contributed by atoms with Gasteiger partial charge in [-0.3, -0.25) is 0 Å². The van der Waals surface area contributed by atoms with Crippen LogP contribution >= 0.6 is 45.9 Å². The molecule has 0 aliphatic carbocycles. The number of imidazole rings is 1. The Balaban J connectivity index is 1.99. The van der Waals surface area contributed by atoms with Gasteiger partial charge in [-0.2, -0.15) is 5.10 Å². The van der Waals surface area contributed by atoms with Crippen LogP contribution in [-0.4, -0.2) is 14.6 Å². The summed E-state index contributed by atoms with van der Waals surface area (Å²) in [6.07, 6.45) is 2.88. The van der Waals surface area contributed by atoms with Crippen molar-refractivity contribution in [3.8, 4) is 11.3 Å². The molecule has 0 bridgehead atoms. The number of halogens is 2. The van der Waals surface area contributed by atoms with Crippen molar-refractivity contribution in [1.29, 1.82) is 0 Å². The molecule has 100 valence electrons. The van der Waals surface area contributed by atoms with Gasteiger partial charge in [0.1, 0.15) is 9.34 Å². The molecule has 3 nitrogen and oxygen atoms in total. The lowest BCUT2D eigenvalue weighted by Gasteiger charge is -1.97. The standard InChI is InChI=1S/C12H11Cl2N3S2/c1-6(2)3-10-16-17-5-8(15-12(17)19-10)7-4-9(13)18-11(7)14/h4-6H,3H2,1-2H3. The summed E-state index contributed by atoms with van der Waals surface area (Å²) in [5.41, 5.74) is 1.70. The minimum absolute atomic E-state index is 0.598. The van der Waals surface area contributed by atoms with E-state index in [1.807, 2.05) is 16.8 Å². The fourth-order valence-electron chi connectivity index (χ4n) is 1.82. The Bertz CT molecular complexity index is 695. The van der Waals surface area contributed by atoms with Crippen LogP contribution in [0.4, 0.5) is 0 Å². The molecule has 0 fully saturated rings. The third kappa shape index (κ3) is 2.65. The molecule has 0 N–H and O–H groups in total. The minimum atomic E-state index is 0.598. The van der Waals surface area contributed by atoms with E-state index in [9.17, 15) is 0 Å². The van der Waals surface area contributed by atoms with Gasteiger partial charge in [-0.25, -0.2) is 9.50 Å². The van der Waals surface area contributed by atoms with Crippen LogP contribution in [0.5, 0.6) is 0 Å². The van der Waals surface area contributed by atoms with Gasteiger partial charge in [-0.15, -0.1) is 11.3 Å². The lowest BCUT2D eigenvalue weighted by Crippen LogP contribution is -1.94. The zero-order valence-corrected chi connectivity index (χ0v) is 13.5. The molecule has 0 radical (unpaired) electrons. The van der Waals surface area contributed by atoms with Crippen LogP contribution in [0.15, 0.2) is 12.3 Å². The highest BCUT2D eigenvalue weighted by molar-refractivity contribution is 7.20. The number of nitrogens with zero attached hydrogens (tertiary/aromatic N) is 3. The summed E-state index contributed by atoms with van der Waals surface area (Å²) in [5, 5.41) is 5.65. The van der Waals surface area contributed by atoms with Crippen molar-refractivity contribution in [2.45, 2.75) is 20.3 Å². The van der Waals surface area contributed by atoms with Crippen LogP contribution in [0.25, 0.3) is 16.2 Å². The van der Waals surface area contributed by atoms with E-state index < -0.39 is 0 Å². The molecule has 0 atom stereocenters. The maximum absolute atomic E-state index is 6.14. The molecule has 0 saturated heterocycles. The maximum Gasteiger partial charge on any atom is 0.212 e. The van der Waals surface area contributed by atoms with E-state index >= 15 is 0 Å². The van der Waals surface area contributed by atoms with Gasteiger partial charge in [0.05, 0.1) is 16.2 Å². The Labute approximate surface area is 128 Å². The summed E-state index contributed by atoms with van der Waals surface area (Å²) < 4.78 is 3.16. The maximum atomic E-state index is 6.14. The summed E-state index contributed by atoms with van der Waals surface area (Å²) in [5.74, 6) is 0.598. The Kier molecular flexibility index (Phi) is 3.55. The zero-order chi connectivity index (χ0) is 13.6. The molecule has 0 unspecified atom stereocenters. The molecule has 19 heavy (non-hydrogen) atoms. The normalized spacial score (nSPS) is 11.8. The van der Waals surface area contributed by atoms with E-state index in [0.717, 1.165) is 27.6 Å². The molecule has 7 heteroatoms. The molecule has 0 amide bonds. The van der Waals surface area contributed by atoms with Crippen LogP contribution in [0.1, 0.15) is 18.9 Å². The fourth-order valence-corrected chi connectivity index (χ4v) is 4.39. The van der Waals surface area contributed by atoms with Crippen molar-refractivity contribution in [2.75, 3.05) is 0 Å². The van der Waals surface area contributed by atoms with Crippen LogP contribution in [0.2, 0.25) is 8.67 Å². The first-order valence-electron chi connectivity index (χ1n) is 5.83. The van der Waals surface area contributed by atoms with Crippen molar-refractivity contribution in [3.63, 3.8) is 0 Å². The highest BCUT2D eigenvalue weighted by Crippen LogP contribution is 2.38. The summed E-state index contributed by atoms with van der Waals surface area (Å²) >= 11 is 15.1. The number of hydrogen-bond acceptors (Lipinski definition) is 4. The van der Waals surface area contributed by atoms with Crippen molar-refractivity contribution >= 4 is 50.8 Å². The molecule has 0 aromatic carbocycles. The molecular weight excluding hydrogens is 321 g/mol. The van der Waals surface area contributed by atoms with E-state index in [2.05, 4.69) is 23.9 Å². The molecule has 0 spiro atoms. The number of rotatable bonds is 3. The van der Waals surface area contributed by atoms with Gasteiger partial charge in [0.25, 0.3) is 0 Å². The van der Waals surface area contributed by atoms with Gasteiger partial charge < -0.3 is 0 Å². The summed E-state index contributed by atoms with van der Waals surface area (Å²) in [6, 6.07) is 1.84. The number of aromatic nitrogens is 3. The van der Waals surface area contributed by atoms with Crippen molar-refractivity contribution < 1.29 is 0 Å². The third-order valence-corrected chi connectivity index (χ3v) is 5.03. The van der Waals surface area contributed by atoms with E-state index in [1.165, 1.54) is 11.3 Å². The lowest BCUT2D eigenvalue weighted by atomic mass is 10.1. The molecule has 0 aliphatic rings. The average molecular weight is 332 g/mol. The van der Waals surface area contributed by atoms with Crippen LogP contribution < -0.4 is 0 Å². The van der Waals surface area contributed by atoms with Crippen LogP contribution in [0.3, 0.4) is 0 Å². The first-order chi connectivity index (χ1) is 9.02. The topological polar surface area (TPSA) is 30.2 Å². The Hall–Kier alpha value is -0.620. The Morgan fingerprint density at radius 3 is 2.68 bits per heavy atom. The van der Waals surface area contributed by atoms with E-state index in [-0.39, 0.29) is 0 Å². The van der Waals surface area contributed by atoms with E-state index in [0.29, 0.717) is 14.6 Å². The van der Waals surface area contributed by atoms with E-state index in [4.69, 9.17) is 23.2 Å². The van der Waals surface area contributed by atoms with E-state index in [1.54, 1.807) is 11.3 Å². The summed E-state index contributed by atoms with van der Waals surface area (Å²) in [6.45, 7) is 4.37. The quantitative estimate of drug-likeness (QED) is 0.674. The predicted molar refractivity (Wildman–Crippen MR) is 82.7 cm³/mol. The lowest BCUT2D eigenvalue weighted by molar-refractivity contribution is 0.637. The summed E-state index contributed by atoms with van der Waals surface area (Å²) in [7, 11) is 0. The average Bonchev–Trinajstić information content (AvgIpc) is 2.90. The van der Waals surface area contributed by atoms with Gasteiger partial charge in [-0.05, 0) is 12.0 Å². The second-order valence-electron chi connectivity index (χ2n) is 4.68. The number of fused-ring (bicyclic) bond motifs is 1. The zero-order valence-electron chi connectivity index (χ0n) is 10.4. The number of hydrogen-bond donors (Lipinski definition) is 0. The second kappa shape index (κ2) is 5.05. The first-order valence-corrected chi connectivity index (χ1v) is 8.22. The van der Waals surface area contributed by atoms with Gasteiger partial charge >= 0.3 is 0 Å². The monoisotopic (exact) mass is 331 g/mol.